The molecule has 10 heteroatoms. The number of nitrogens with one attached hydrogen (secondary N) is 1. The number of carbonyl (C=O) groups is 2. The molecule has 0 spiro atoms. The molecule has 0 unspecified atom stereocenters. The van der Waals surface area contributed by atoms with Crippen molar-refractivity contribution in [3.05, 3.63) is 22.5 Å². The smallest absolute Gasteiger partial charge is 0.356 e. The van der Waals surface area contributed by atoms with Crippen molar-refractivity contribution in [2.45, 2.75) is 52.7 Å². The van der Waals surface area contributed by atoms with E-state index in [4.69, 9.17) is 21.7 Å². The van der Waals surface area contributed by atoms with Crippen LogP contribution in [0.1, 0.15) is 41.5 Å². The van der Waals surface area contributed by atoms with Gasteiger partial charge in [0.25, 0.3) is 0 Å². The van der Waals surface area contributed by atoms with E-state index in [0.29, 0.717) is 19.0 Å². The molecule has 0 fully saturated rings. The fourth-order valence-electron chi connectivity index (χ4n) is 2.76. The molecule has 0 radical (unpaired) electrons. The summed E-state index contributed by atoms with van der Waals surface area (Å²) in [6.07, 6.45) is 1.73. The first-order valence-corrected chi connectivity index (χ1v) is 11.0. The van der Waals surface area contributed by atoms with Crippen LogP contribution in [0.3, 0.4) is 0 Å². The Kier molecular flexibility index (Phi) is 6.99. The summed E-state index contributed by atoms with van der Waals surface area (Å²) >= 11 is 6.51. The monoisotopic (exact) mass is 450 g/mol. The number of nitriles is 1. The SMILES string of the molecule is CSC(=S)/C(C#N)=C1\NC2=NCCN2C(C(=O)OC(C)(C)C)=C1C(=O)OC(C)(C)C. The van der Waals surface area contributed by atoms with Crippen molar-refractivity contribution < 1.29 is 19.1 Å². The minimum atomic E-state index is -0.819. The second kappa shape index (κ2) is 8.78. The Labute approximate surface area is 186 Å². The van der Waals surface area contributed by atoms with Gasteiger partial charge in [0.2, 0.25) is 5.96 Å². The minimum absolute atomic E-state index is 0.0131. The lowest BCUT2D eigenvalue weighted by Gasteiger charge is -2.34. The largest absolute Gasteiger partial charge is 0.456 e. The number of carbonyl (C=O) groups excluding carboxylic acids is 2. The summed E-state index contributed by atoms with van der Waals surface area (Å²) in [5.41, 5.74) is -1.55. The van der Waals surface area contributed by atoms with Gasteiger partial charge in [-0.05, 0) is 47.8 Å². The van der Waals surface area contributed by atoms with Crippen molar-refractivity contribution >= 4 is 46.1 Å². The molecule has 2 rings (SSSR count). The lowest BCUT2D eigenvalue weighted by atomic mass is 10.0. The van der Waals surface area contributed by atoms with Crippen molar-refractivity contribution in [1.29, 1.82) is 5.26 Å². The van der Waals surface area contributed by atoms with Crippen LogP contribution >= 0.6 is 24.0 Å². The molecule has 2 heterocycles. The number of fused-ring (bicyclic) bond motifs is 1. The van der Waals surface area contributed by atoms with Crippen LogP contribution in [0.25, 0.3) is 0 Å². The maximum Gasteiger partial charge on any atom is 0.356 e. The maximum absolute atomic E-state index is 13.2. The van der Waals surface area contributed by atoms with Crippen LogP contribution in [0, 0.1) is 11.3 Å². The summed E-state index contributed by atoms with van der Waals surface area (Å²) in [4.78, 5) is 32.3. The van der Waals surface area contributed by atoms with Gasteiger partial charge in [0.1, 0.15) is 34.1 Å². The number of aliphatic imine (C=N–C) groups is 1. The van der Waals surface area contributed by atoms with Gasteiger partial charge in [-0.1, -0.05) is 12.2 Å². The summed E-state index contributed by atoms with van der Waals surface area (Å²) < 4.78 is 11.4. The van der Waals surface area contributed by atoms with Crippen LogP contribution < -0.4 is 5.32 Å². The Hall–Kier alpha value is -2.38. The third-order valence-electron chi connectivity index (χ3n) is 3.78. The first kappa shape index (κ1) is 23.9. The Morgan fingerprint density at radius 2 is 1.73 bits per heavy atom. The fraction of sp³-hybridized carbons (Fsp3) is 0.550. The number of esters is 2. The number of nitrogens with zero attached hydrogens (tertiary/aromatic N) is 3. The summed E-state index contributed by atoms with van der Waals surface area (Å²) in [7, 11) is 0. The maximum atomic E-state index is 13.2. The summed E-state index contributed by atoms with van der Waals surface area (Å²) in [6, 6.07) is 2.05. The normalized spacial score (nSPS) is 18.1. The highest BCUT2D eigenvalue weighted by Crippen LogP contribution is 2.32. The molecule has 1 N–H and O–H groups in total. The zero-order valence-electron chi connectivity index (χ0n) is 18.2. The van der Waals surface area contributed by atoms with Crippen LogP contribution in [0.2, 0.25) is 0 Å². The molecular formula is C20H26N4O4S2. The average Bonchev–Trinajstić information content (AvgIpc) is 3.05. The molecule has 8 nitrogen and oxygen atoms in total. The van der Waals surface area contributed by atoms with Gasteiger partial charge in [-0.3, -0.25) is 4.99 Å². The van der Waals surface area contributed by atoms with E-state index in [-0.39, 0.29) is 26.7 Å². The van der Waals surface area contributed by atoms with E-state index in [9.17, 15) is 14.9 Å². The third kappa shape index (κ3) is 5.40. The summed E-state index contributed by atoms with van der Waals surface area (Å²) in [5.74, 6) is -1.10. The topological polar surface area (TPSA) is 104 Å². The Bertz CT molecular complexity index is 915. The quantitative estimate of drug-likeness (QED) is 0.301. The molecule has 2 aliphatic heterocycles. The van der Waals surface area contributed by atoms with E-state index in [1.165, 1.54) is 11.8 Å². The average molecular weight is 451 g/mol. The van der Waals surface area contributed by atoms with E-state index < -0.39 is 23.1 Å². The van der Waals surface area contributed by atoms with Gasteiger partial charge in [-0.25, -0.2) is 9.59 Å². The molecule has 2 aliphatic rings. The third-order valence-corrected chi connectivity index (χ3v) is 5.06. The molecule has 0 saturated carbocycles. The number of hydrogen-bond acceptors (Lipinski definition) is 10. The van der Waals surface area contributed by atoms with E-state index in [1.807, 2.05) is 6.07 Å². The highest BCUT2D eigenvalue weighted by Gasteiger charge is 2.42. The molecule has 0 bridgehead atoms. The number of rotatable bonds is 3. The highest BCUT2D eigenvalue weighted by atomic mass is 32.2. The van der Waals surface area contributed by atoms with Crippen LogP contribution in [0.4, 0.5) is 0 Å². The highest BCUT2D eigenvalue weighted by molar-refractivity contribution is 8.23. The van der Waals surface area contributed by atoms with Gasteiger partial charge in [0.05, 0.1) is 16.4 Å². The number of guanidine groups is 1. The van der Waals surface area contributed by atoms with E-state index in [0.717, 1.165) is 0 Å². The number of thiocarbonyl (C=S) groups is 1. The van der Waals surface area contributed by atoms with Crippen molar-refractivity contribution in [2.24, 2.45) is 4.99 Å². The zero-order valence-corrected chi connectivity index (χ0v) is 19.8. The number of thioether (sulfide) groups is 1. The van der Waals surface area contributed by atoms with Gasteiger partial charge < -0.3 is 19.7 Å². The Balaban J connectivity index is 2.83. The lowest BCUT2D eigenvalue weighted by Crippen LogP contribution is -2.48. The standard InChI is InChI=1S/C20H26N4O4S2/c1-19(2,3)27-15(25)12-13(11(10-21)17(29)30-7)23-18-22-8-9-24(18)14(12)16(26)28-20(4,5)6/h8-9H2,1-7H3,(H,22,23)/b13-11-. The molecule has 0 aliphatic carbocycles. The molecule has 0 atom stereocenters. The Morgan fingerprint density at radius 3 is 2.23 bits per heavy atom. The fourth-order valence-corrected chi connectivity index (χ4v) is 3.26. The van der Waals surface area contributed by atoms with Gasteiger partial charge in [0, 0.05) is 6.54 Å². The van der Waals surface area contributed by atoms with Crippen molar-refractivity contribution in [3.8, 4) is 6.07 Å². The zero-order chi connectivity index (χ0) is 22.9. The first-order chi connectivity index (χ1) is 13.8. The molecular weight excluding hydrogens is 424 g/mol. The molecule has 162 valence electrons. The molecule has 0 aromatic carbocycles. The van der Waals surface area contributed by atoms with Gasteiger partial charge in [-0.2, -0.15) is 5.26 Å². The molecule has 0 aromatic rings. The first-order valence-electron chi connectivity index (χ1n) is 9.32. The van der Waals surface area contributed by atoms with Crippen LogP contribution in [-0.2, 0) is 19.1 Å². The summed E-state index contributed by atoms with van der Waals surface area (Å²) in [5, 5.41) is 12.8. The second-order valence-electron chi connectivity index (χ2n) is 8.56. The molecule has 0 amide bonds. The lowest BCUT2D eigenvalue weighted by molar-refractivity contribution is -0.154. The number of ether oxygens (including phenoxy) is 2. The van der Waals surface area contributed by atoms with Crippen LogP contribution in [0.5, 0.6) is 0 Å². The van der Waals surface area contributed by atoms with Gasteiger partial charge in [0.15, 0.2) is 0 Å². The predicted octanol–water partition coefficient (Wildman–Crippen LogP) is 2.67. The van der Waals surface area contributed by atoms with E-state index in [1.54, 1.807) is 52.7 Å². The molecule has 0 saturated heterocycles. The number of hydrogen-bond donors (Lipinski definition) is 1. The summed E-state index contributed by atoms with van der Waals surface area (Å²) in [6.45, 7) is 11.2. The van der Waals surface area contributed by atoms with Crippen LogP contribution in [0.15, 0.2) is 27.5 Å². The van der Waals surface area contributed by atoms with Gasteiger partial charge in [-0.15, -0.1) is 11.8 Å². The second-order valence-corrected chi connectivity index (χ2v) is 10.0. The van der Waals surface area contributed by atoms with Crippen LogP contribution in [-0.4, -0.2) is 57.5 Å². The predicted molar refractivity (Wildman–Crippen MR) is 120 cm³/mol. The van der Waals surface area contributed by atoms with Gasteiger partial charge >= 0.3 is 11.9 Å². The molecule has 0 aromatic heterocycles. The van der Waals surface area contributed by atoms with E-state index in [2.05, 4.69) is 10.3 Å². The molecule has 30 heavy (non-hydrogen) atoms. The minimum Gasteiger partial charge on any atom is -0.456 e. The Morgan fingerprint density at radius 1 is 1.17 bits per heavy atom. The van der Waals surface area contributed by atoms with Crippen molar-refractivity contribution in [3.63, 3.8) is 0 Å². The van der Waals surface area contributed by atoms with E-state index >= 15 is 0 Å². The van der Waals surface area contributed by atoms with Crippen molar-refractivity contribution in [2.75, 3.05) is 19.3 Å². The van der Waals surface area contributed by atoms with Crippen molar-refractivity contribution in [1.82, 2.24) is 10.2 Å².